The van der Waals surface area contributed by atoms with Crippen molar-refractivity contribution in [2.24, 2.45) is 0 Å². The fourth-order valence-electron chi connectivity index (χ4n) is 4.35. The number of ether oxygens (including phenoxy) is 1. The van der Waals surface area contributed by atoms with E-state index in [1.807, 2.05) is 36.3 Å². The highest BCUT2D eigenvalue weighted by atomic mass is 16.6. The number of imidazole rings is 1. The molecule has 2 aliphatic heterocycles. The van der Waals surface area contributed by atoms with Gasteiger partial charge in [-0.15, -0.1) is 0 Å². The van der Waals surface area contributed by atoms with Crippen molar-refractivity contribution in [1.29, 1.82) is 0 Å². The van der Waals surface area contributed by atoms with Gasteiger partial charge >= 0.3 is 6.09 Å². The van der Waals surface area contributed by atoms with Crippen LogP contribution in [0.5, 0.6) is 0 Å². The van der Waals surface area contributed by atoms with Crippen LogP contribution in [0.15, 0.2) is 18.5 Å². The van der Waals surface area contributed by atoms with Gasteiger partial charge in [-0.2, -0.15) is 0 Å². The van der Waals surface area contributed by atoms with E-state index in [-0.39, 0.29) is 6.09 Å². The number of hydrogen-bond donors (Lipinski definition) is 1. The Bertz CT molecular complexity index is 871. The third-order valence-corrected chi connectivity index (χ3v) is 5.88. The summed E-state index contributed by atoms with van der Waals surface area (Å²) in [6.07, 6.45) is 9.42. The number of nitrogens with zero attached hydrogens (tertiary/aromatic N) is 4. The number of aromatic nitrogens is 2. The molecular weight excluding hydrogens is 366 g/mol. The number of amides is 1. The van der Waals surface area contributed by atoms with Crippen LogP contribution < -0.4 is 10.6 Å². The van der Waals surface area contributed by atoms with Crippen molar-refractivity contribution in [2.75, 3.05) is 36.8 Å². The minimum Gasteiger partial charge on any atom is -0.444 e. The summed E-state index contributed by atoms with van der Waals surface area (Å²) in [4.78, 5) is 21.4. The van der Waals surface area contributed by atoms with E-state index in [0.717, 1.165) is 48.6 Å². The molecule has 2 fully saturated rings. The molecule has 0 unspecified atom stereocenters. The van der Waals surface area contributed by atoms with Crippen LogP contribution in [0.3, 0.4) is 0 Å². The number of nitrogens with two attached hydrogens (primary N) is 1. The standard InChI is InChI=1S/C22H33N5O2/c1-22(2,3)29-21(28)26-11-7-16(8-12-26)18-15-27-14-17(23)19(13-20(27)24-18)25-9-5-4-6-10-25/h13-16H,4-12,23H2,1-3H3. The highest BCUT2D eigenvalue weighted by Gasteiger charge is 2.28. The van der Waals surface area contributed by atoms with Gasteiger partial charge in [0.2, 0.25) is 0 Å². The summed E-state index contributed by atoms with van der Waals surface area (Å²) >= 11 is 0. The number of anilines is 2. The van der Waals surface area contributed by atoms with E-state index in [0.29, 0.717) is 19.0 Å². The second kappa shape index (κ2) is 7.76. The second-order valence-corrected chi connectivity index (χ2v) is 9.33. The van der Waals surface area contributed by atoms with Crippen LogP contribution in [0.25, 0.3) is 5.65 Å². The molecule has 0 aromatic carbocycles. The number of fused-ring (bicyclic) bond motifs is 1. The molecule has 2 aromatic heterocycles. The number of carbonyl (C=O) groups excluding carboxylic acids is 1. The van der Waals surface area contributed by atoms with Gasteiger partial charge in [-0.3, -0.25) is 0 Å². The molecule has 4 rings (SSSR count). The first kappa shape index (κ1) is 19.9. The van der Waals surface area contributed by atoms with Crippen LogP contribution in [0.4, 0.5) is 16.2 Å². The largest absolute Gasteiger partial charge is 0.444 e. The van der Waals surface area contributed by atoms with Crippen LogP contribution in [0, 0.1) is 0 Å². The first-order valence-corrected chi connectivity index (χ1v) is 10.8. The lowest BCUT2D eigenvalue weighted by Crippen LogP contribution is -2.41. The minimum absolute atomic E-state index is 0.218. The summed E-state index contributed by atoms with van der Waals surface area (Å²) < 4.78 is 7.54. The molecular formula is C22H33N5O2. The average molecular weight is 400 g/mol. The summed E-state index contributed by atoms with van der Waals surface area (Å²) in [6, 6.07) is 2.12. The molecule has 7 heteroatoms. The maximum atomic E-state index is 12.3. The van der Waals surface area contributed by atoms with Crippen LogP contribution >= 0.6 is 0 Å². The third-order valence-electron chi connectivity index (χ3n) is 5.88. The topological polar surface area (TPSA) is 76.1 Å². The summed E-state index contributed by atoms with van der Waals surface area (Å²) in [5.41, 5.74) is 9.85. The van der Waals surface area contributed by atoms with Crippen molar-refractivity contribution in [1.82, 2.24) is 14.3 Å². The number of hydrogen-bond acceptors (Lipinski definition) is 5. The SMILES string of the molecule is CC(C)(C)OC(=O)N1CCC(c2cn3cc(N)c(N4CCCCC4)cc3n2)CC1. The lowest BCUT2D eigenvalue weighted by atomic mass is 9.94. The maximum Gasteiger partial charge on any atom is 0.410 e. The maximum absolute atomic E-state index is 12.3. The Morgan fingerprint density at radius 2 is 1.79 bits per heavy atom. The summed E-state index contributed by atoms with van der Waals surface area (Å²) in [7, 11) is 0. The molecule has 158 valence electrons. The third kappa shape index (κ3) is 4.43. The molecule has 0 aliphatic carbocycles. The van der Waals surface area contributed by atoms with E-state index >= 15 is 0 Å². The van der Waals surface area contributed by atoms with E-state index in [1.54, 1.807) is 0 Å². The molecule has 1 amide bonds. The number of nitrogen functional groups attached to an aromatic ring is 1. The predicted molar refractivity (Wildman–Crippen MR) is 115 cm³/mol. The summed E-state index contributed by atoms with van der Waals surface area (Å²) in [6.45, 7) is 9.24. The molecule has 2 aromatic rings. The fraction of sp³-hybridized carbons (Fsp3) is 0.636. The van der Waals surface area contributed by atoms with E-state index < -0.39 is 5.60 Å². The van der Waals surface area contributed by atoms with Gasteiger partial charge in [0, 0.05) is 50.6 Å². The Kier molecular flexibility index (Phi) is 5.32. The van der Waals surface area contributed by atoms with Crippen molar-refractivity contribution in [3.8, 4) is 0 Å². The molecule has 0 bridgehead atoms. The Morgan fingerprint density at radius 3 is 2.45 bits per heavy atom. The van der Waals surface area contributed by atoms with E-state index in [1.165, 1.54) is 19.3 Å². The molecule has 0 radical (unpaired) electrons. The number of pyridine rings is 1. The van der Waals surface area contributed by atoms with E-state index in [2.05, 4.69) is 17.2 Å². The van der Waals surface area contributed by atoms with Crippen molar-refractivity contribution in [3.05, 3.63) is 24.2 Å². The van der Waals surface area contributed by atoms with Crippen LogP contribution in [0.2, 0.25) is 0 Å². The van der Waals surface area contributed by atoms with Gasteiger partial charge in [-0.1, -0.05) is 0 Å². The highest BCUT2D eigenvalue weighted by Crippen LogP contribution is 2.31. The second-order valence-electron chi connectivity index (χ2n) is 9.33. The van der Waals surface area contributed by atoms with E-state index in [4.69, 9.17) is 15.5 Å². The van der Waals surface area contributed by atoms with Gasteiger partial charge in [-0.25, -0.2) is 9.78 Å². The molecule has 7 nitrogen and oxygen atoms in total. The van der Waals surface area contributed by atoms with Gasteiger partial charge < -0.3 is 24.7 Å². The summed E-state index contributed by atoms with van der Waals surface area (Å²) in [5, 5.41) is 0. The zero-order valence-electron chi connectivity index (χ0n) is 17.9. The van der Waals surface area contributed by atoms with Gasteiger partial charge in [0.1, 0.15) is 11.2 Å². The monoisotopic (exact) mass is 399 g/mol. The molecule has 2 N–H and O–H groups in total. The number of carbonyl (C=O) groups is 1. The fourth-order valence-corrected chi connectivity index (χ4v) is 4.35. The first-order valence-electron chi connectivity index (χ1n) is 10.8. The van der Waals surface area contributed by atoms with Gasteiger partial charge in [0.25, 0.3) is 0 Å². The number of piperidine rings is 2. The molecule has 0 saturated carbocycles. The Morgan fingerprint density at radius 1 is 1.10 bits per heavy atom. The molecule has 2 aliphatic rings. The van der Waals surface area contributed by atoms with Crippen molar-refractivity contribution < 1.29 is 9.53 Å². The number of likely N-dealkylation sites (tertiary alicyclic amines) is 1. The average Bonchev–Trinajstić information content (AvgIpc) is 3.09. The van der Waals surface area contributed by atoms with E-state index in [9.17, 15) is 4.79 Å². The molecule has 29 heavy (non-hydrogen) atoms. The van der Waals surface area contributed by atoms with Crippen LogP contribution in [0.1, 0.15) is 64.5 Å². The molecule has 0 atom stereocenters. The normalized spacial score (nSPS) is 19.0. The predicted octanol–water partition coefficient (Wildman–Crippen LogP) is 4.02. The molecule has 0 spiro atoms. The number of rotatable bonds is 2. The molecule has 2 saturated heterocycles. The Hall–Kier alpha value is -2.44. The van der Waals surface area contributed by atoms with Crippen LogP contribution in [-0.2, 0) is 4.74 Å². The highest BCUT2D eigenvalue weighted by molar-refractivity contribution is 5.72. The first-order chi connectivity index (χ1) is 13.8. The van der Waals surface area contributed by atoms with Gasteiger partial charge in [0.15, 0.2) is 0 Å². The molecule has 4 heterocycles. The summed E-state index contributed by atoms with van der Waals surface area (Å²) in [5.74, 6) is 0.355. The Balaban J connectivity index is 1.46. The van der Waals surface area contributed by atoms with Crippen molar-refractivity contribution in [3.63, 3.8) is 0 Å². The van der Waals surface area contributed by atoms with Gasteiger partial charge in [0.05, 0.1) is 17.1 Å². The minimum atomic E-state index is -0.457. The van der Waals surface area contributed by atoms with Crippen molar-refractivity contribution >= 4 is 23.1 Å². The smallest absolute Gasteiger partial charge is 0.410 e. The quantitative estimate of drug-likeness (QED) is 0.825. The van der Waals surface area contributed by atoms with Gasteiger partial charge in [-0.05, 0) is 52.9 Å². The van der Waals surface area contributed by atoms with Crippen molar-refractivity contribution in [2.45, 2.75) is 64.4 Å². The Labute approximate surface area is 172 Å². The zero-order chi connectivity index (χ0) is 20.6. The lowest BCUT2D eigenvalue weighted by Gasteiger charge is -2.32. The zero-order valence-corrected chi connectivity index (χ0v) is 17.9. The lowest BCUT2D eigenvalue weighted by molar-refractivity contribution is 0.0204. The van der Waals surface area contributed by atoms with Crippen LogP contribution in [-0.4, -0.2) is 52.2 Å².